The molecule has 1 atom stereocenters. The van der Waals surface area contributed by atoms with Crippen LogP contribution in [-0.4, -0.2) is 20.5 Å². The van der Waals surface area contributed by atoms with Crippen LogP contribution in [0.5, 0.6) is 0 Å². The standard InChI is InChI=1S/C39H33Si2.Zr/c1-25-22-23-30(33(25)26-14-6-2-7-15-26)31-24-32-34(27-16-8-3-9-17-27)35(28-18-10-4-11-19-28)36(29-20-12-5-13-21-29)39(41)37(32)38(31)40;/h2-22,24H,23H2,1,40-41H3;. The normalized spacial score (nSPS) is 16.3. The summed E-state index contributed by atoms with van der Waals surface area (Å²) >= 11 is 1.57. The molecule has 0 saturated carbocycles. The van der Waals surface area contributed by atoms with Gasteiger partial charge in [-0.3, -0.25) is 0 Å². The first kappa shape index (κ1) is 27.5. The van der Waals surface area contributed by atoms with Gasteiger partial charge in [0.25, 0.3) is 0 Å². The van der Waals surface area contributed by atoms with E-state index < -0.39 is 0 Å². The molecule has 5 aromatic carbocycles. The molecule has 201 valence electrons. The zero-order valence-electron chi connectivity index (χ0n) is 24.4. The number of hydrogen-bond donors (Lipinski definition) is 0. The van der Waals surface area contributed by atoms with Crippen molar-refractivity contribution in [3.63, 3.8) is 0 Å². The Morgan fingerprint density at radius 2 is 1.02 bits per heavy atom. The fourth-order valence-electron chi connectivity index (χ4n) is 7.28. The topological polar surface area (TPSA) is 0 Å². The van der Waals surface area contributed by atoms with Gasteiger partial charge in [-0.15, -0.1) is 0 Å². The second-order valence-electron chi connectivity index (χ2n) is 11.4. The third kappa shape index (κ3) is 4.50. The van der Waals surface area contributed by atoms with Gasteiger partial charge in [0.15, 0.2) is 0 Å². The van der Waals surface area contributed by atoms with Crippen LogP contribution >= 0.6 is 0 Å². The third-order valence-electron chi connectivity index (χ3n) is 9.03. The average molecular weight is 649 g/mol. The summed E-state index contributed by atoms with van der Waals surface area (Å²) < 4.78 is 0.419. The number of benzene rings is 5. The van der Waals surface area contributed by atoms with Crippen LogP contribution in [0.4, 0.5) is 0 Å². The molecule has 5 aromatic rings. The van der Waals surface area contributed by atoms with E-state index in [4.69, 9.17) is 0 Å². The molecule has 0 aromatic heterocycles. The van der Waals surface area contributed by atoms with Crippen LogP contribution in [0.15, 0.2) is 144 Å². The molecule has 2 aliphatic carbocycles. The fraction of sp³-hybridized carbons (Fsp3) is 0.0769. The van der Waals surface area contributed by atoms with Crippen LogP contribution < -0.4 is 5.19 Å². The van der Waals surface area contributed by atoms with Crippen LogP contribution in [0.3, 0.4) is 0 Å². The Morgan fingerprint density at radius 3 is 1.55 bits per heavy atom. The first-order valence-corrected chi connectivity index (χ1v) is 18.2. The Labute approximate surface area is 270 Å². The van der Waals surface area contributed by atoms with E-state index in [1.165, 1.54) is 50.1 Å². The average Bonchev–Trinajstić information content (AvgIpc) is 3.54. The summed E-state index contributed by atoms with van der Waals surface area (Å²) in [5, 5.41) is 3.18. The van der Waals surface area contributed by atoms with Crippen LogP contribution in [0, 0.1) is 0 Å². The molecule has 0 amide bonds. The van der Waals surface area contributed by atoms with E-state index in [1.807, 2.05) is 0 Å². The molecule has 0 radical (unpaired) electrons. The molecule has 0 aliphatic heterocycles. The molecule has 0 bridgehead atoms. The van der Waals surface area contributed by atoms with Gasteiger partial charge in [-0.25, -0.2) is 0 Å². The van der Waals surface area contributed by atoms with Crippen molar-refractivity contribution in [2.24, 2.45) is 0 Å². The van der Waals surface area contributed by atoms with Gasteiger partial charge in [-0.2, -0.15) is 0 Å². The summed E-state index contributed by atoms with van der Waals surface area (Å²) in [6, 6.07) is 44.6. The fourth-order valence-corrected chi connectivity index (χ4v) is 12.6. The number of rotatable bonds is 5. The van der Waals surface area contributed by atoms with Crippen LogP contribution in [-0.2, 0) is 24.7 Å². The van der Waals surface area contributed by atoms with Crippen molar-refractivity contribution in [1.29, 1.82) is 0 Å². The van der Waals surface area contributed by atoms with Gasteiger partial charge in [0.05, 0.1) is 0 Å². The van der Waals surface area contributed by atoms with Gasteiger partial charge in [0.2, 0.25) is 0 Å². The summed E-state index contributed by atoms with van der Waals surface area (Å²) in [5.41, 5.74) is 18.8. The van der Waals surface area contributed by atoms with Crippen molar-refractivity contribution in [1.82, 2.24) is 0 Å². The zero-order chi connectivity index (χ0) is 28.8. The molecule has 0 heterocycles. The molecule has 0 saturated heterocycles. The van der Waals surface area contributed by atoms with Crippen molar-refractivity contribution in [2.45, 2.75) is 17.0 Å². The molecule has 1 unspecified atom stereocenters. The number of hydrogen-bond acceptors (Lipinski definition) is 0. The Hall–Kier alpha value is -3.36. The van der Waals surface area contributed by atoms with E-state index in [0.717, 1.165) is 26.9 Å². The number of allylic oxidation sites excluding steroid dienone is 5. The van der Waals surface area contributed by atoms with Crippen molar-refractivity contribution in [2.75, 3.05) is 0 Å². The van der Waals surface area contributed by atoms with E-state index in [2.05, 4.69) is 134 Å². The zero-order valence-corrected chi connectivity index (χ0v) is 30.9. The second kappa shape index (κ2) is 11.4. The predicted molar refractivity (Wildman–Crippen MR) is 184 cm³/mol. The van der Waals surface area contributed by atoms with Gasteiger partial charge in [-0.05, 0) is 0 Å². The summed E-state index contributed by atoms with van der Waals surface area (Å²) in [5.74, 6) is 0. The van der Waals surface area contributed by atoms with Gasteiger partial charge < -0.3 is 0 Å². The molecule has 7 rings (SSSR count). The molecule has 0 fully saturated rings. The van der Waals surface area contributed by atoms with Gasteiger partial charge in [0.1, 0.15) is 0 Å². The first-order valence-electron chi connectivity index (χ1n) is 14.8. The van der Waals surface area contributed by atoms with E-state index in [-0.39, 0.29) is 0 Å². The minimum atomic E-state index is 0.419. The quantitative estimate of drug-likeness (QED) is 0.178. The Bertz CT molecular complexity index is 1900. The van der Waals surface area contributed by atoms with Gasteiger partial charge in [-0.1, -0.05) is 0 Å². The third-order valence-corrected chi connectivity index (χ3v) is 12.5. The van der Waals surface area contributed by atoms with Crippen molar-refractivity contribution in [3.05, 3.63) is 161 Å². The van der Waals surface area contributed by atoms with E-state index in [1.54, 1.807) is 57.4 Å². The van der Waals surface area contributed by atoms with Crippen LogP contribution in [0.1, 0.15) is 33.7 Å². The Morgan fingerprint density at radius 1 is 0.571 bits per heavy atom. The molecular formula is C39H33Si2Zr. The molecule has 0 spiro atoms. The summed E-state index contributed by atoms with van der Waals surface area (Å²) in [6.07, 6.45) is 3.49. The Kier molecular flexibility index (Phi) is 7.44. The van der Waals surface area contributed by atoms with Crippen molar-refractivity contribution >= 4 is 36.4 Å². The molecule has 0 nitrogen and oxygen atoms in total. The summed E-state index contributed by atoms with van der Waals surface area (Å²) in [6.45, 7) is 2.30. The van der Waals surface area contributed by atoms with Crippen molar-refractivity contribution in [3.8, 4) is 33.4 Å². The first-order chi connectivity index (χ1) is 20.6. The molecule has 42 heavy (non-hydrogen) atoms. The minimum absolute atomic E-state index is 0.419. The van der Waals surface area contributed by atoms with Crippen LogP contribution in [0.25, 0.3) is 44.2 Å². The monoisotopic (exact) mass is 647 g/mol. The summed E-state index contributed by atoms with van der Waals surface area (Å²) in [4.78, 5) is 0. The second-order valence-corrected chi connectivity index (χ2v) is 14.8. The van der Waals surface area contributed by atoms with E-state index >= 15 is 0 Å². The number of fused-ring (bicyclic) bond motifs is 1. The molecule has 3 heteroatoms. The molecule has 2 aliphatic rings. The van der Waals surface area contributed by atoms with Gasteiger partial charge in [0, 0.05) is 0 Å². The van der Waals surface area contributed by atoms with E-state index in [0.29, 0.717) is 3.63 Å². The molecule has 0 N–H and O–H groups in total. The maximum absolute atomic E-state index is 2.45. The summed E-state index contributed by atoms with van der Waals surface area (Å²) in [7, 11) is 2.02. The maximum atomic E-state index is 2.45. The van der Waals surface area contributed by atoms with Gasteiger partial charge >= 0.3 is 272 Å². The van der Waals surface area contributed by atoms with E-state index in [9.17, 15) is 0 Å². The van der Waals surface area contributed by atoms with Crippen LogP contribution in [0.2, 0.25) is 0 Å². The SMILES string of the molecule is CC1=CCC(C2=C([SiH3])c3c([SiH3])c(-c4ccccc4)c(-c4ccccc4)c(-c4ccccc4)c3[CH]2[Zr])=C1c1ccccc1. The predicted octanol–water partition coefficient (Wildman–Crippen LogP) is 7.16. The molecular weight excluding hydrogens is 616 g/mol. The van der Waals surface area contributed by atoms with Crippen molar-refractivity contribution < 1.29 is 24.7 Å². The Balaban J connectivity index is 1.59.